The van der Waals surface area contributed by atoms with E-state index in [1.165, 1.54) is 11.0 Å². The van der Waals surface area contributed by atoms with E-state index in [0.29, 0.717) is 46.0 Å². The van der Waals surface area contributed by atoms with Gasteiger partial charge in [0.05, 0.1) is 35.5 Å². The number of aliphatic hydroxyl groups excluding tert-OH is 1. The number of hydrogen-bond acceptors (Lipinski definition) is 9. The number of allylic oxidation sites excluding steroid dienone is 6. The molecule has 0 saturated carbocycles. The molecule has 1 saturated heterocycles. The van der Waals surface area contributed by atoms with Gasteiger partial charge in [-0.05, 0) is 98.0 Å². The number of azo groups is 1. The summed E-state index contributed by atoms with van der Waals surface area (Å²) in [5.74, 6) is -2.63. The van der Waals surface area contributed by atoms with E-state index < -0.39 is 23.7 Å². The first-order valence-corrected chi connectivity index (χ1v) is 16.4. The lowest BCUT2D eigenvalue weighted by molar-refractivity contribution is -0.123. The maximum Gasteiger partial charge on any atom is 0.238 e. The number of Topliss-reactive ketones (excluding diaryl/α,β-unsaturated/α-hetero) is 1. The highest BCUT2D eigenvalue weighted by molar-refractivity contribution is 6.25. The van der Waals surface area contributed by atoms with Crippen molar-refractivity contribution in [1.29, 1.82) is 0 Å². The first-order valence-electron chi connectivity index (χ1n) is 16.4. The molecule has 2 amide bonds. The van der Waals surface area contributed by atoms with Crippen molar-refractivity contribution < 1.29 is 29.0 Å². The zero-order valence-corrected chi connectivity index (χ0v) is 27.5. The van der Waals surface area contributed by atoms with E-state index in [4.69, 9.17) is 9.84 Å². The molecule has 0 aromatic heterocycles. The number of ether oxygens (including phenoxy) is 1. The molecule has 1 aliphatic heterocycles. The van der Waals surface area contributed by atoms with Crippen LogP contribution in [0.1, 0.15) is 31.2 Å². The van der Waals surface area contributed by atoms with Gasteiger partial charge in [-0.25, -0.2) is 0 Å². The van der Waals surface area contributed by atoms with Gasteiger partial charge in [0.15, 0.2) is 11.6 Å². The maximum atomic E-state index is 14.2. The van der Waals surface area contributed by atoms with Crippen LogP contribution in [-0.2, 0) is 19.2 Å². The lowest BCUT2D eigenvalue weighted by Gasteiger charge is -2.42. The van der Waals surface area contributed by atoms with Gasteiger partial charge in [-0.2, -0.15) is 10.2 Å². The number of imide groups is 1. The average molecular weight is 657 g/mol. The Balaban J connectivity index is 1.17. The standard InChI is InChI=1S/C39H36N4O6/c1-22-20-33(45)32-21-31-29(34(36(32)37(22)46)23-4-14-28(15-5-23)49-19-18-44)16-17-30-35(31)39(48)43(38(30)47)27-12-8-25(9-13-27)41-40-24-6-10-26(11-7-24)42(2)3/h4-16,20,30-31,34-35,44H,17-19,21H2,1-3H3. The largest absolute Gasteiger partial charge is 0.491 e. The van der Waals surface area contributed by atoms with E-state index >= 15 is 0 Å². The molecule has 0 radical (unpaired) electrons. The molecule has 49 heavy (non-hydrogen) atoms. The third-order valence-electron chi connectivity index (χ3n) is 9.89. The molecule has 4 atom stereocenters. The van der Waals surface area contributed by atoms with Crippen LogP contribution < -0.4 is 14.5 Å². The van der Waals surface area contributed by atoms with Gasteiger partial charge in [-0.15, -0.1) is 0 Å². The first kappa shape index (κ1) is 32.1. The molecule has 3 aliphatic carbocycles. The maximum absolute atomic E-state index is 14.2. The summed E-state index contributed by atoms with van der Waals surface area (Å²) in [7, 11) is 3.93. The Morgan fingerprint density at radius 1 is 0.857 bits per heavy atom. The van der Waals surface area contributed by atoms with Gasteiger partial charge >= 0.3 is 0 Å². The van der Waals surface area contributed by atoms with Crippen LogP contribution in [0.15, 0.2) is 117 Å². The van der Waals surface area contributed by atoms with E-state index in [-0.39, 0.29) is 43.0 Å². The second-order valence-electron chi connectivity index (χ2n) is 13.0. The molecule has 7 rings (SSSR count). The van der Waals surface area contributed by atoms with Crippen molar-refractivity contribution in [3.63, 3.8) is 0 Å². The molecule has 3 aromatic rings. The van der Waals surface area contributed by atoms with Gasteiger partial charge in [0.1, 0.15) is 12.4 Å². The molecule has 1 N–H and O–H groups in total. The molecular weight excluding hydrogens is 620 g/mol. The Kier molecular flexibility index (Phi) is 8.42. The summed E-state index contributed by atoms with van der Waals surface area (Å²) in [4.78, 5) is 58.4. The molecular formula is C39H36N4O6. The number of anilines is 2. The highest BCUT2D eigenvalue weighted by Gasteiger charge is 2.56. The van der Waals surface area contributed by atoms with Crippen LogP contribution >= 0.6 is 0 Å². The topological polar surface area (TPSA) is 129 Å². The second-order valence-corrected chi connectivity index (χ2v) is 13.0. The van der Waals surface area contributed by atoms with Crippen LogP contribution in [0.4, 0.5) is 22.7 Å². The summed E-state index contributed by atoms with van der Waals surface area (Å²) < 4.78 is 5.55. The number of ketones is 2. The highest BCUT2D eigenvalue weighted by Crippen LogP contribution is 2.55. The molecule has 4 unspecified atom stereocenters. The molecule has 0 bridgehead atoms. The Bertz CT molecular complexity index is 1970. The predicted octanol–water partition coefficient (Wildman–Crippen LogP) is 6.17. The van der Waals surface area contributed by atoms with Crippen molar-refractivity contribution >= 4 is 46.1 Å². The monoisotopic (exact) mass is 656 g/mol. The summed E-state index contributed by atoms with van der Waals surface area (Å²) in [5.41, 5.74) is 5.70. The number of amides is 2. The number of nitrogens with zero attached hydrogens (tertiary/aromatic N) is 4. The number of carbonyl (C=O) groups excluding carboxylic acids is 4. The Labute approximate surface area is 284 Å². The zero-order chi connectivity index (χ0) is 34.4. The molecule has 10 heteroatoms. The van der Waals surface area contributed by atoms with Crippen molar-refractivity contribution in [2.24, 2.45) is 28.0 Å². The Morgan fingerprint density at radius 2 is 1.51 bits per heavy atom. The molecule has 1 fully saturated rings. The van der Waals surface area contributed by atoms with Gasteiger partial charge in [-0.1, -0.05) is 23.8 Å². The van der Waals surface area contributed by atoms with Gasteiger partial charge < -0.3 is 14.7 Å². The fourth-order valence-electron chi connectivity index (χ4n) is 7.52. The first-order chi connectivity index (χ1) is 23.7. The number of fused-ring (bicyclic) bond motifs is 3. The minimum atomic E-state index is -0.671. The average Bonchev–Trinajstić information content (AvgIpc) is 3.37. The zero-order valence-electron chi connectivity index (χ0n) is 27.5. The van der Waals surface area contributed by atoms with E-state index in [1.807, 2.05) is 61.5 Å². The van der Waals surface area contributed by atoms with Crippen molar-refractivity contribution in [1.82, 2.24) is 0 Å². The molecule has 248 valence electrons. The molecule has 4 aliphatic rings. The summed E-state index contributed by atoms with van der Waals surface area (Å²) in [6.07, 6.45) is 3.95. The smallest absolute Gasteiger partial charge is 0.238 e. The van der Waals surface area contributed by atoms with Crippen molar-refractivity contribution in [3.05, 3.63) is 113 Å². The summed E-state index contributed by atoms with van der Waals surface area (Å²) in [6, 6.07) is 21.8. The SMILES string of the molecule is CC1=CC(=O)C2=C(C1=O)C(c1ccc(OCCO)cc1)C1=CCC3C(=O)N(c4ccc(N=Nc5ccc(N(C)C)cc5)cc4)C(=O)C3C1C2. The van der Waals surface area contributed by atoms with Gasteiger partial charge in [0, 0.05) is 42.4 Å². The molecule has 3 aromatic carbocycles. The number of hydrogen-bond donors (Lipinski definition) is 1. The van der Waals surface area contributed by atoms with E-state index in [0.717, 1.165) is 16.8 Å². The molecule has 0 spiro atoms. The van der Waals surface area contributed by atoms with Crippen LogP contribution in [0.25, 0.3) is 0 Å². The fourth-order valence-corrected chi connectivity index (χ4v) is 7.52. The van der Waals surface area contributed by atoms with E-state index in [9.17, 15) is 19.2 Å². The lowest BCUT2D eigenvalue weighted by atomic mass is 9.59. The second kappa shape index (κ2) is 12.9. The van der Waals surface area contributed by atoms with Crippen molar-refractivity contribution in [3.8, 4) is 5.75 Å². The molecule has 10 nitrogen and oxygen atoms in total. The lowest BCUT2D eigenvalue weighted by Crippen LogP contribution is -2.39. The molecule has 1 heterocycles. The van der Waals surface area contributed by atoms with Crippen LogP contribution in [0.5, 0.6) is 5.75 Å². The fraction of sp³-hybridized carbons (Fsp3) is 0.282. The van der Waals surface area contributed by atoms with Crippen molar-refractivity contribution in [2.75, 3.05) is 37.1 Å². The van der Waals surface area contributed by atoms with Gasteiger partial charge in [-0.3, -0.25) is 24.1 Å². The third kappa shape index (κ3) is 5.72. The van der Waals surface area contributed by atoms with E-state index in [2.05, 4.69) is 10.2 Å². The van der Waals surface area contributed by atoms with E-state index in [1.54, 1.807) is 43.3 Å². The quantitative estimate of drug-likeness (QED) is 0.133. The predicted molar refractivity (Wildman–Crippen MR) is 184 cm³/mol. The van der Waals surface area contributed by atoms with Crippen LogP contribution in [0.3, 0.4) is 0 Å². The number of rotatable bonds is 8. The highest BCUT2D eigenvalue weighted by atomic mass is 16.5. The van der Waals surface area contributed by atoms with Crippen LogP contribution in [0.2, 0.25) is 0 Å². The van der Waals surface area contributed by atoms with Gasteiger partial charge in [0.2, 0.25) is 11.8 Å². The normalized spacial score (nSPS) is 23.3. The summed E-state index contributed by atoms with van der Waals surface area (Å²) >= 11 is 0. The minimum absolute atomic E-state index is 0.120. The number of carbonyl (C=O) groups is 4. The number of aliphatic hydroxyl groups is 1. The van der Waals surface area contributed by atoms with Crippen LogP contribution in [-0.4, -0.2) is 55.8 Å². The minimum Gasteiger partial charge on any atom is -0.491 e. The van der Waals surface area contributed by atoms with Gasteiger partial charge in [0.25, 0.3) is 0 Å². The number of benzene rings is 3. The Morgan fingerprint density at radius 3 is 2.14 bits per heavy atom. The van der Waals surface area contributed by atoms with Crippen LogP contribution in [0, 0.1) is 17.8 Å². The summed E-state index contributed by atoms with van der Waals surface area (Å²) in [6.45, 7) is 1.68. The van der Waals surface area contributed by atoms with Crippen molar-refractivity contribution in [2.45, 2.75) is 25.7 Å². The summed E-state index contributed by atoms with van der Waals surface area (Å²) in [5, 5.41) is 17.8. The Hall–Kier alpha value is -5.48. The third-order valence-corrected chi connectivity index (χ3v) is 9.89.